The summed E-state index contributed by atoms with van der Waals surface area (Å²) in [6.07, 6.45) is 2.53. The summed E-state index contributed by atoms with van der Waals surface area (Å²) in [6, 6.07) is 3.07. The average Bonchev–Trinajstić information content (AvgIpc) is 2.74. The highest BCUT2D eigenvalue weighted by Gasteiger charge is 2.25. The maximum absolute atomic E-state index is 2.71. The van der Waals surface area contributed by atoms with E-state index < -0.39 is 0 Å². The van der Waals surface area contributed by atoms with Crippen molar-refractivity contribution >= 4 is 40.1 Å². The number of hydrogen-bond donors (Lipinski definition) is 0. The van der Waals surface area contributed by atoms with Crippen molar-refractivity contribution < 1.29 is 0 Å². The third-order valence-corrected chi connectivity index (χ3v) is 5.66. The summed E-state index contributed by atoms with van der Waals surface area (Å²) in [5.74, 6) is 2.05. The second-order valence-electron chi connectivity index (χ2n) is 5.29. The number of hydrogen-bond acceptors (Lipinski definition) is 3. The van der Waals surface area contributed by atoms with E-state index in [1.165, 1.54) is 31.7 Å². The first-order valence-corrected chi connectivity index (χ1v) is 8.50. The fraction of sp³-hybridized carbons (Fsp3) is 0.714. The van der Waals surface area contributed by atoms with Gasteiger partial charge in [0.25, 0.3) is 0 Å². The molecule has 0 fully saturated rings. The summed E-state index contributed by atoms with van der Waals surface area (Å²) < 4.78 is 1.56. The van der Waals surface area contributed by atoms with Gasteiger partial charge in [-0.25, -0.2) is 0 Å². The van der Waals surface area contributed by atoms with Crippen LogP contribution in [-0.2, 0) is 6.42 Å². The third-order valence-electron chi connectivity index (χ3n) is 3.20. The molecule has 18 heavy (non-hydrogen) atoms. The van der Waals surface area contributed by atoms with Crippen LogP contribution in [-0.4, -0.2) is 29.8 Å². The van der Waals surface area contributed by atoms with Gasteiger partial charge in [-0.05, 0) is 42.3 Å². The van der Waals surface area contributed by atoms with Crippen LogP contribution in [0, 0.1) is 5.92 Å². The van der Waals surface area contributed by atoms with E-state index in [1.54, 1.807) is 9.77 Å². The van der Waals surface area contributed by atoms with Gasteiger partial charge in [-0.3, -0.25) is 4.90 Å². The molecule has 104 valence electrons. The Morgan fingerprint density at radius 2 is 2.22 bits per heavy atom. The first-order chi connectivity index (χ1) is 8.20. The van der Waals surface area contributed by atoms with E-state index in [1.807, 2.05) is 11.3 Å². The van der Waals surface area contributed by atoms with Gasteiger partial charge in [0.15, 0.2) is 0 Å². The quantitative estimate of drug-likeness (QED) is 0.757. The van der Waals surface area contributed by atoms with E-state index >= 15 is 0 Å². The fourth-order valence-corrected chi connectivity index (χ4v) is 4.81. The Morgan fingerprint density at radius 1 is 1.44 bits per heavy atom. The van der Waals surface area contributed by atoms with Crippen molar-refractivity contribution in [3.63, 3.8) is 0 Å². The zero-order valence-corrected chi connectivity index (χ0v) is 14.9. The van der Waals surface area contributed by atoms with Crippen molar-refractivity contribution in [2.45, 2.75) is 43.9 Å². The van der Waals surface area contributed by atoms with Gasteiger partial charge in [0.05, 0.1) is 4.21 Å². The van der Waals surface area contributed by atoms with E-state index in [0.29, 0.717) is 0 Å². The molecule has 0 saturated carbocycles. The molecule has 0 amide bonds. The topological polar surface area (TPSA) is 3.24 Å². The largest absolute Gasteiger partial charge is 0.299 e. The summed E-state index contributed by atoms with van der Waals surface area (Å²) in [6.45, 7) is 9.45. The number of rotatable bonds is 5. The van der Waals surface area contributed by atoms with Crippen molar-refractivity contribution in [1.82, 2.24) is 4.90 Å². The summed E-state index contributed by atoms with van der Waals surface area (Å²) in [4.78, 5) is 2.71. The lowest BCUT2D eigenvalue weighted by molar-refractivity contribution is 0.187. The molecule has 1 nitrogen and oxygen atoms in total. The second kappa shape index (κ2) is 7.93. The smallest absolute Gasteiger partial charge is 0.0631 e. The lowest BCUT2D eigenvalue weighted by Gasteiger charge is -2.34. The number of nitrogens with zero attached hydrogens (tertiary/aromatic N) is 1. The molecule has 0 aliphatic carbocycles. The summed E-state index contributed by atoms with van der Waals surface area (Å²) in [5.41, 5.74) is 1.58. The highest BCUT2D eigenvalue weighted by molar-refractivity contribution is 8.93. The van der Waals surface area contributed by atoms with Gasteiger partial charge in [-0.15, -0.1) is 40.1 Å². The summed E-state index contributed by atoms with van der Waals surface area (Å²) in [5, 5.41) is 2.24. The van der Waals surface area contributed by atoms with E-state index in [2.05, 4.69) is 48.9 Å². The van der Waals surface area contributed by atoms with Crippen LogP contribution in [0.3, 0.4) is 0 Å². The minimum absolute atomic E-state index is 0. The van der Waals surface area contributed by atoms with Crippen molar-refractivity contribution in [3.8, 4) is 0 Å². The van der Waals surface area contributed by atoms with Gasteiger partial charge in [-0.2, -0.15) is 0 Å². The summed E-state index contributed by atoms with van der Waals surface area (Å²) in [7, 11) is 0. The molecule has 0 radical (unpaired) electrons. The van der Waals surface area contributed by atoms with Crippen LogP contribution in [0.25, 0.3) is 0 Å². The maximum Gasteiger partial charge on any atom is 0.0631 e. The molecular formula is C14H24BrNS2. The van der Waals surface area contributed by atoms with Crippen molar-refractivity contribution in [3.05, 3.63) is 17.0 Å². The maximum atomic E-state index is 2.71. The third kappa shape index (κ3) is 4.26. The van der Waals surface area contributed by atoms with Gasteiger partial charge in [-0.1, -0.05) is 20.8 Å². The lowest BCUT2D eigenvalue weighted by atomic mass is 10.1. The molecule has 1 atom stereocenters. The molecule has 0 N–H and O–H groups in total. The van der Waals surface area contributed by atoms with Crippen molar-refractivity contribution in [2.24, 2.45) is 5.92 Å². The second-order valence-corrected chi connectivity index (χ2v) is 7.50. The van der Waals surface area contributed by atoms with Crippen LogP contribution in [0.4, 0.5) is 0 Å². The fourth-order valence-electron chi connectivity index (χ4n) is 2.50. The minimum atomic E-state index is 0. The molecule has 0 spiro atoms. The molecular weight excluding hydrogens is 326 g/mol. The normalized spacial score (nSPS) is 18.8. The predicted molar refractivity (Wildman–Crippen MR) is 89.6 cm³/mol. The van der Waals surface area contributed by atoms with Crippen LogP contribution in [0.2, 0.25) is 0 Å². The Balaban J connectivity index is 0.00000162. The molecule has 0 aromatic carbocycles. The number of thiophene rings is 1. The number of fused-ring (bicyclic) bond motifs is 1. The lowest BCUT2D eigenvalue weighted by Crippen LogP contribution is -2.42. The van der Waals surface area contributed by atoms with E-state index in [-0.39, 0.29) is 17.0 Å². The molecule has 0 bridgehead atoms. The van der Waals surface area contributed by atoms with Crippen LogP contribution >= 0.6 is 40.1 Å². The zero-order valence-electron chi connectivity index (χ0n) is 11.5. The van der Waals surface area contributed by atoms with Crippen molar-refractivity contribution in [2.75, 3.05) is 18.8 Å². The molecule has 2 rings (SSSR count). The summed E-state index contributed by atoms with van der Waals surface area (Å²) >= 11 is 3.97. The zero-order chi connectivity index (χ0) is 12.3. The standard InChI is InChI=1S/C14H23NS2.BrH/c1-4-6-15(9-11(2)3)13-8-12-5-7-16-14(12)17-10-13;/h5,7,11,13H,4,6,8-10H2,1-3H3;1H. The Hall–Kier alpha value is 0.490. The number of thioether (sulfide) groups is 1. The van der Waals surface area contributed by atoms with Crippen LogP contribution < -0.4 is 0 Å². The highest BCUT2D eigenvalue weighted by atomic mass is 79.9. The van der Waals surface area contributed by atoms with Gasteiger partial charge in [0, 0.05) is 18.3 Å². The molecule has 1 aliphatic heterocycles. The number of halogens is 1. The SMILES string of the molecule is Br.CCCN(CC(C)C)C1CSc2sccc2C1. The Labute approximate surface area is 130 Å². The van der Waals surface area contributed by atoms with Gasteiger partial charge in [0.2, 0.25) is 0 Å². The first kappa shape index (κ1) is 16.5. The average molecular weight is 350 g/mol. The van der Waals surface area contributed by atoms with E-state index in [0.717, 1.165) is 12.0 Å². The Bertz CT molecular complexity index is 351. The van der Waals surface area contributed by atoms with Crippen LogP contribution in [0.5, 0.6) is 0 Å². The van der Waals surface area contributed by atoms with Crippen LogP contribution in [0.15, 0.2) is 15.7 Å². The Morgan fingerprint density at radius 3 is 2.89 bits per heavy atom. The predicted octanol–water partition coefficient (Wildman–Crippen LogP) is 4.71. The van der Waals surface area contributed by atoms with E-state index in [9.17, 15) is 0 Å². The highest BCUT2D eigenvalue weighted by Crippen LogP contribution is 2.36. The van der Waals surface area contributed by atoms with Crippen LogP contribution in [0.1, 0.15) is 32.8 Å². The van der Waals surface area contributed by atoms with Gasteiger partial charge in [0.1, 0.15) is 0 Å². The molecule has 1 aromatic heterocycles. The molecule has 0 saturated heterocycles. The molecule has 4 heteroatoms. The molecule has 1 aromatic rings. The first-order valence-electron chi connectivity index (χ1n) is 6.64. The monoisotopic (exact) mass is 349 g/mol. The molecule has 1 aliphatic rings. The van der Waals surface area contributed by atoms with Gasteiger partial charge < -0.3 is 0 Å². The van der Waals surface area contributed by atoms with Crippen molar-refractivity contribution in [1.29, 1.82) is 0 Å². The molecule has 1 unspecified atom stereocenters. The molecule has 2 heterocycles. The Kier molecular flexibility index (Phi) is 7.29. The van der Waals surface area contributed by atoms with Gasteiger partial charge >= 0.3 is 0 Å². The minimum Gasteiger partial charge on any atom is -0.299 e. The van der Waals surface area contributed by atoms with E-state index in [4.69, 9.17) is 0 Å².